The first-order valence-corrected chi connectivity index (χ1v) is 16.3. The number of halogens is 4. The number of anilines is 2. The topological polar surface area (TPSA) is 81.5 Å². The molecule has 2 aromatic heterocycles. The highest BCUT2D eigenvalue weighted by Crippen LogP contribution is 2.33. The predicted molar refractivity (Wildman–Crippen MR) is 142 cm³/mol. The summed E-state index contributed by atoms with van der Waals surface area (Å²) < 4.78 is 62.7. The third-order valence-corrected chi connectivity index (χ3v) is 7.86. The van der Waals surface area contributed by atoms with Gasteiger partial charge in [0.1, 0.15) is 12.5 Å². The molecular formula is C26H31F4N5O3Si. The van der Waals surface area contributed by atoms with E-state index >= 15 is 0 Å². The van der Waals surface area contributed by atoms with Crippen LogP contribution in [0.5, 0.6) is 5.75 Å². The van der Waals surface area contributed by atoms with Gasteiger partial charge in [0, 0.05) is 57.5 Å². The van der Waals surface area contributed by atoms with Gasteiger partial charge in [-0.15, -0.1) is 13.2 Å². The molecule has 3 heterocycles. The molecular weight excluding hydrogens is 534 g/mol. The van der Waals surface area contributed by atoms with Crippen LogP contribution in [0.1, 0.15) is 23.2 Å². The Morgan fingerprint density at radius 2 is 1.87 bits per heavy atom. The second kappa shape index (κ2) is 11.7. The number of hydrogen-bond donors (Lipinski definition) is 1. The van der Waals surface area contributed by atoms with Gasteiger partial charge in [-0.2, -0.15) is 5.10 Å². The molecule has 39 heavy (non-hydrogen) atoms. The van der Waals surface area contributed by atoms with Crippen LogP contribution in [0.3, 0.4) is 0 Å². The summed E-state index contributed by atoms with van der Waals surface area (Å²) in [6.07, 6.45) is 0.112. The van der Waals surface area contributed by atoms with E-state index in [4.69, 9.17) is 4.74 Å². The van der Waals surface area contributed by atoms with E-state index in [0.29, 0.717) is 18.0 Å². The van der Waals surface area contributed by atoms with E-state index in [9.17, 15) is 22.4 Å². The molecule has 3 aromatic rings. The Kier molecular flexibility index (Phi) is 8.59. The number of hydrogen-bond acceptors (Lipinski definition) is 6. The quantitative estimate of drug-likeness (QED) is 0.181. The van der Waals surface area contributed by atoms with E-state index in [1.165, 1.54) is 6.20 Å². The second-order valence-corrected chi connectivity index (χ2v) is 16.1. The standard InChI is InChI=1S/C26H31F4N5O3Si/c1-39(2,3)13-12-37-17-35-22(8-9-32-35)20-14-18(16-31-24(20)34-10-4-5-11-34)25(36)33-19-6-7-23(21(27)15-19)38-26(28,29)30/h6-9,14-16H,4-5,10-13,17H2,1-3H3,(H,33,36). The number of carbonyl (C=O) groups excluding carboxylic acids is 1. The number of amides is 1. The average molecular weight is 566 g/mol. The van der Waals surface area contributed by atoms with E-state index in [1.807, 2.05) is 6.07 Å². The van der Waals surface area contributed by atoms with Crippen LogP contribution in [-0.2, 0) is 11.5 Å². The van der Waals surface area contributed by atoms with Crippen molar-refractivity contribution in [3.05, 3.63) is 54.1 Å². The zero-order valence-electron chi connectivity index (χ0n) is 22.0. The Morgan fingerprint density at radius 3 is 2.54 bits per heavy atom. The molecule has 0 radical (unpaired) electrons. The Hall–Kier alpha value is -3.45. The van der Waals surface area contributed by atoms with Crippen LogP contribution in [0.15, 0.2) is 42.7 Å². The molecule has 13 heteroatoms. The molecule has 8 nitrogen and oxygen atoms in total. The summed E-state index contributed by atoms with van der Waals surface area (Å²) in [4.78, 5) is 19.8. The molecule has 1 N–H and O–H groups in total. The highest BCUT2D eigenvalue weighted by molar-refractivity contribution is 6.76. The van der Waals surface area contributed by atoms with Gasteiger partial charge in [-0.3, -0.25) is 4.79 Å². The van der Waals surface area contributed by atoms with Crippen LogP contribution in [0.25, 0.3) is 11.3 Å². The number of carbonyl (C=O) groups is 1. The molecule has 1 fully saturated rings. The summed E-state index contributed by atoms with van der Waals surface area (Å²) in [5.74, 6) is -2.13. The maximum atomic E-state index is 14.1. The van der Waals surface area contributed by atoms with Crippen molar-refractivity contribution in [1.82, 2.24) is 14.8 Å². The summed E-state index contributed by atoms with van der Waals surface area (Å²) in [6, 6.07) is 7.22. The molecule has 1 amide bonds. The Labute approximate surface area is 224 Å². The average Bonchev–Trinajstić information content (AvgIpc) is 3.54. The molecule has 0 atom stereocenters. The number of nitrogens with one attached hydrogen (secondary N) is 1. The number of benzene rings is 1. The zero-order chi connectivity index (χ0) is 28.2. The Bertz CT molecular complexity index is 1300. The van der Waals surface area contributed by atoms with Crippen LogP contribution in [0, 0.1) is 5.82 Å². The largest absolute Gasteiger partial charge is 0.573 e. The van der Waals surface area contributed by atoms with Crippen molar-refractivity contribution >= 4 is 25.5 Å². The van der Waals surface area contributed by atoms with Crippen LogP contribution < -0.4 is 15.0 Å². The lowest BCUT2D eigenvalue weighted by Crippen LogP contribution is -2.23. The van der Waals surface area contributed by atoms with Crippen molar-refractivity contribution in [2.24, 2.45) is 0 Å². The third-order valence-electron chi connectivity index (χ3n) is 6.15. The van der Waals surface area contributed by atoms with Crippen molar-refractivity contribution in [3.63, 3.8) is 0 Å². The predicted octanol–water partition coefficient (Wildman–Crippen LogP) is 6.15. The fraction of sp³-hybridized carbons (Fsp3) is 0.423. The minimum absolute atomic E-state index is 0.0296. The third kappa shape index (κ3) is 7.79. The van der Waals surface area contributed by atoms with E-state index in [-0.39, 0.29) is 18.0 Å². The van der Waals surface area contributed by atoms with Crippen molar-refractivity contribution in [1.29, 1.82) is 0 Å². The summed E-state index contributed by atoms with van der Waals surface area (Å²) in [7, 11) is -1.25. The van der Waals surface area contributed by atoms with Crippen LogP contribution in [0.2, 0.25) is 25.7 Å². The van der Waals surface area contributed by atoms with Crippen LogP contribution in [0.4, 0.5) is 29.1 Å². The fourth-order valence-electron chi connectivity index (χ4n) is 4.13. The van der Waals surface area contributed by atoms with Gasteiger partial charge in [0.25, 0.3) is 5.91 Å². The summed E-state index contributed by atoms with van der Waals surface area (Å²) in [5.41, 5.74) is 1.58. The molecule has 0 unspecified atom stereocenters. The van der Waals surface area contributed by atoms with Gasteiger partial charge in [0.05, 0.1) is 11.3 Å². The first-order valence-electron chi connectivity index (χ1n) is 12.6. The van der Waals surface area contributed by atoms with Gasteiger partial charge < -0.3 is 19.7 Å². The summed E-state index contributed by atoms with van der Waals surface area (Å²) in [5, 5.41) is 6.91. The Morgan fingerprint density at radius 1 is 1.13 bits per heavy atom. The SMILES string of the molecule is C[Si](C)(C)CCOCn1nccc1-c1cc(C(=O)Nc2ccc(OC(F)(F)F)c(F)c2)cnc1N1CCCC1. The number of pyridine rings is 1. The summed E-state index contributed by atoms with van der Waals surface area (Å²) in [6.45, 7) is 9.36. The molecule has 0 bridgehead atoms. The molecule has 4 rings (SSSR count). The number of ether oxygens (including phenoxy) is 2. The molecule has 0 aliphatic carbocycles. The lowest BCUT2D eigenvalue weighted by atomic mass is 10.1. The maximum absolute atomic E-state index is 14.1. The molecule has 1 aliphatic heterocycles. The normalized spacial score (nSPS) is 14.1. The van der Waals surface area contributed by atoms with Crippen molar-refractivity contribution in [2.75, 3.05) is 29.9 Å². The molecule has 1 aromatic carbocycles. The number of nitrogens with zero attached hydrogens (tertiary/aromatic N) is 4. The van der Waals surface area contributed by atoms with E-state index in [1.54, 1.807) is 16.9 Å². The molecule has 210 valence electrons. The molecule has 0 saturated carbocycles. The maximum Gasteiger partial charge on any atom is 0.573 e. The second-order valence-electron chi connectivity index (χ2n) is 10.5. The van der Waals surface area contributed by atoms with Gasteiger partial charge in [-0.25, -0.2) is 14.1 Å². The molecule has 0 spiro atoms. The first-order chi connectivity index (χ1) is 18.4. The number of alkyl halides is 3. The Balaban J connectivity index is 1.57. The number of aromatic nitrogens is 3. The van der Waals surface area contributed by atoms with E-state index in [0.717, 1.165) is 55.9 Å². The smallest absolute Gasteiger partial charge is 0.403 e. The first kappa shape index (κ1) is 28.6. The van der Waals surface area contributed by atoms with Crippen LogP contribution in [-0.4, -0.2) is 54.8 Å². The van der Waals surface area contributed by atoms with E-state index < -0.39 is 31.9 Å². The lowest BCUT2D eigenvalue weighted by molar-refractivity contribution is -0.275. The van der Waals surface area contributed by atoms with Gasteiger partial charge in [-0.05, 0) is 43.2 Å². The number of rotatable bonds is 10. The van der Waals surface area contributed by atoms with E-state index in [2.05, 4.69) is 44.7 Å². The van der Waals surface area contributed by atoms with Gasteiger partial charge in [0.2, 0.25) is 0 Å². The van der Waals surface area contributed by atoms with Gasteiger partial charge in [0.15, 0.2) is 11.6 Å². The molecule has 1 aliphatic rings. The fourth-order valence-corrected chi connectivity index (χ4v) is 4.89. The summed E-state index contributed by atoms with van der Waals surface area (Å²) >= 11 is 0. The monoisotopic (exact) mass is 565 g/mol. The van der Waals surface area contributed by atoms with Crippen molar-refractivity contribution in [2.45, 2.75) is 51.6 Å². The molecule has 1 saturated heterocycles. The van der Waals surface area contributed by atoms with Gasteiger partial charge >= 0.3 is 6.36 Å². The van der Waals surface area contributed by atoms with Gasteiger partial charge in [-0.1, -0.05) is 19.6 Å². The minimum Gasteiger partial charge on any atom is -0.403 e. The lowest BCUT2D eigenvalue weighted by Gasteiger charge is -2.21. The van der Waals surface area contributed by atoms with Crippen molar-refractivity contribution < 1.29 is 31.8 Å². The minimum atomic E-state index is -5.03. The zero-order valence-corrected chi connectivity index (χ0v) is 23.0. The highest BCUT2D eigenvalue weighted by atomic mass is 28.3. The van der Waals surface area contributed by atoms with Crippen LogP contribution >= 0.6 is 0 Å². The van der Waals surface area contributed by atoms with Crippen molar-refractivity contribution in [3.8, 4) is 17.0 Å². The highest BCUT2D eigenvalue weighted by Gasteiger charge is 2.32.